The van der Waals surface area contributed by atoms with Crippen molar-refractivity contribution in [2.24, 2.45) is 0 Å². The normalized spacial score (nSPS) is 10.4. The highest BCUT2D eigenvalue weighted by atomic mass is 35.5. The maximum atomic E-state index is 11.8. The molecule has 0 atom stereocenters. The molecule has 0 aliphatic heterocycles. The summed E-state index contributed by atoms with van der Waals surface area (Å²) in [6.07, 6.45) is 4.57. The molecule has 0 saturated carbocycles. The first-order chi connectivity index (χ1) is 7.70. The van der Waals surface area contributed by atoms with Crippen LogP contribution < -0.4 is 10.9 Å². The number of halogens is 1. The van der Waals surface area contributed by atoms with E-state index < -0.39 is 0 Å². The summed E-state index contributed by atoms with van der Waals surface area (Å²) in [4.78, 5) is 11.8. The maximum Gasteiger partial charge on any atom is 0.287 e. The van der Waals surface area contributed by atoms with Crippen molar-refractivity contribution in [3.63, 3.8) is 0 Å². The minimum absolute atomic E-state index is 0.212. The molecular formula is C11H18ClN3O. The second-order valence-electron chi connectivity index (χ2n) is 3.68. The van der Waals surface area contributed by atoms with E-state index in [4.69, 9.17) is 11.6 Å². The fourth-order valence-electron chi connectivity index (χ4n) is 1.32. The minimum atomic E-state index is -0.212. The molecule has 0 aromatic carbocycles. The van der Waals surface area contributed by atoms with E-state index in [2.05, 4.69) is 24.3 Å². The van der Waals surface area contributed by atoms with Crippen LogP contribution in [0.4, 0.5) is 5.69 Å². The number of hydrogen-bond acceptors (Lipinski definition) is 3. The van der Waals surface area contributed by atoms with Gasteiger partial charge in [-0.3, -0.25) is 4.79 Å². The lowest BCUT2D eigenvalue weighted by Crippen LogP contribution is -2.24. The first-order valence-corrected chi connectivity index (χ1v) is 6.08. The lowest BCUT2D eigenvalue weighted by atomic mass is 10.3. The highest BCUT2D eigenvalue weighted by molar-refractivity contribution is 6.32. The van der Waals surface area contributed by atoms with Crippen LogP contribution in [-0.2, 0) is 6.54 Å². The molecule has 1 rings (SSSR count). The molecular weight excluding hydrogens is 226 g/mol. The Morgan fingerprint density at radius 1 is 1.44 bits per heavy atom. The van der Waals surface area contributed by atoms with Crippen LogP contribution in [0.25, 0.3) is 0 Å². The van der Waals surface area contributed by atoms with E-state index >= 15 is 0 Å². The highest BCUT2D eigenvalue weighted by Crippen LogP contribution is 2.14. The van der Waals surface area contributed by atoms with Gasteiger partial charge in [0.05, 0.1) is 11.9 Å². The van der Waals surface area contributed by atoms with Crippen LogP contribution in [0.5, 0.6) is 0 Å². The summed E-state index contributed by atoms with van der Waals surface area (Å²) in [5, 5.41) is 7.40. The molecule has 0 fully saturated rings. The molecule has 1 N–H and O–H groups in total. The van der Waals surface area contributed by atoms with Crippen LogP contribution >= 0.6 is 11.6 Å². The number of rotatable bonds is 6. The van der Waals surface area contributed by atoms with Crippen LogP contribution in [0.15, 0.2) is 11.0 Å². The largest absolute Gasteiger partial charge is 0.382 e. The second-order valence-corrected chi connectivity index (χ2v) is 4.06. The summed E-state index contributed by atoms with van der Waals surface area (Å²) in [6.45, 7) is 5.55. The van der Waals surface area contributed by atoms with Gasteiger partial charge in [-0.05, 0) is 12.8 Å². The summed E-state index contributed by atoms with van der Waals surface area (Å²) in [7, 11) is 0. The Bertz CT molecular complexity index is 389. The molecule has 0 aliphatic rings. The molecule has 0 spiro atoms. The predicted molar refractivity (Wildman–Crippen MR) is 67.2 cm³/mol. The Hall–Kier alpha value is -1.03. The van der Waals surface area contributed by atoms with Crippen molar-refractivity contribution in [3.8, 4) is 0 Å². The Morgan fingerprint density at radius 3 is 2.81 bits per heavy atom. The average Bonchev–Trinajstić information content (AvgIpc) is 2.30. The third kappa shape index (κ3) is 3.23. The van der Waals surface area contributed by atoms with E-state index in [0.717, 1.165) is 25.8 Å². The highest BCUT2D eigenvalue weighted by Gasteiger charge is 2.07. The van der Waals surface area contributed by atoms with Crippen LogP contribution in [-0.4, -0.2) is 16.3 Å². The molecule has 90 valence electrons. The number of unbranched alkanes of at least 4 members (excludes halogenated alkanes) is 1. The van der Waals surface area contributed by atoms with Crippen molar-refractivity contribution < 1.29 is 0 Å². The third-order valence-corrected chi connectivity index (χ3v) is 2.64. The summed E-state index contributed by atoms with van der Waals surface area (Å²) in [6, 6.07) is 0. The number of nitrogens with one attached hydrogen (secondary N) is 1. The Labute approximate surface area is 101 Å². The summed E-state index contributed by atoms with van der Waals surface area (Å²) in [5.74, 6) is 0. The van der Waals surface area contributed by atoms with Crippen LogP contribution in [0.3, 0.4) is 0 Å². The molecule has 0 radical (unpaired) electrons. The average molecular weight is 244 g/mol. The van der Waals surface area contributed by atoms with Gasteiger partial charge in [-0.2, -0.15) is 5.10 Å². The van der Waals surface area contributed by atoms with Crippen molar-refractivity contribution >= 4 is 17.3 Å². The first-order valence-electron chi connectivity index (χ1n) is 5.70. The van der Waals surface area contributed by atoms with E-state index in [1.165, 1.54) is 4.68 Å². The van der Waals surface area contributed by atoms with Gasteiger partial charge in [-0.15, -0.1) is 0 Å². The van der Waals surface area contributed by atoms with E-state index in [1.807, 2.05) is 0 Å². The van der Waals surface area contributed by atoms with Gasteiger partial charge < -0.3 is 5.32 Å². The van der Waals surface area contributed by atoms with Gasteiger partial charge >= 0.3 is 0 Å². The molecule has 5 heteroatoms. The topological polar surface area (TPSA) is 46.9 Å². The molecule has 4 nitrogen and oxygen atoms in total. The molecule has 1 heterocycles. The number of aryl methyl sites for hydroxylation is 1. The van der Waals surface area contributed by atoms with Gasteiger partial charge in [0.1, 0.15) is 5.02 Å². The third-order valence-electron chi connectivity index (χ3n) is 2.27. The Kier molecular flexibility index (Phi) is 5.32. The molecule has 1 aromatic heterocycles. The van der Waals surface area contributed by atoms with Crippen LogP contribution in [0.2, 0.25) is 5.02 Å². The zero-order valence-corrected chi connectivity index (χ0v) is 10.5. The van der Waals surface area contributed by atoms with Gasteiger partial charge in [0.15, 0.2) is 0 Å². The zero-order chi connectivity index (χ0) is 12.0. The molecule has 0 unspecified atom stereocenters. The van der Waals surface area contributed by atoms with Gasteiger partial charge in [-0.1, -0.05) is 31.9 Å². The number of aromatic nitrogens is 2. The van der Waals surface area contributed by atoms with E-state index in [-0.39, 0.29) is 10.6 Å². The zero-order valence-electron chi connectivity index (χ0n) is 9.79. The van der Waals surface area contributed by atoms with Crippen LogP contribution in [0, 0.1) is 0 Å². The van der Waals surface area contributed by atoms with Gasteiger partial charge in [0, 0.05) is 13.1 Å². The second kappa shape index (κ2) is 6.53. The lowest BCUT2D eigenvalue weighted by molar-refractivity contribution is 0.543. The first kappa shape index (κ1) is 13.0. The molecule has 0 amide bonds. The maximum absolute atomic E-state index is 11.8. The standard InChI is InChI=1S/C11H18ClN3O/c1-3-5-7-15-11(16)10(12)9(8-14-15)13-6-4-2/h8,13H,3-7H2,1-2H3. The van der Waals surface area contributed by atoms with E-state index in [0.29, 0.717) is 12.2 Å². The van der Waals surface area contributed by atoms with Gasteiger partial charge in [0.25, 0.3) is 5.56 Å². The lowest BCUT2D eigenvalue weighted by Gasteiger charge is -2.08. The van der Waals surface area contributed by atoms with Crippen molar-refractivity contribution in [3.05, 3.63) is 21.6 Å². The van der Waals surface area contributed by atoms with Gasteiger partial charge in [-0.25, -0.2) is 4.68 Å². The Balaban J connectivity index is 2.85. The van der Waals surface area contributed by atoms with Crippen molar-refractivity contribution in [2.75, 3.05) is 11.9 Å². The minimum Gasteiger partial charge on any atom is -0.382 e. The van der Waals surface area contributed by atoms with Crippen molar-refractivity contribution in [1.29, 1.82) is 0 Å². The smallest absolute Gasteiger partial charge is 0.287 e. The number of nitrogens with zero attached hydrogens (tertiary/aromatic N) is 2. The van der Waals surface area contributed by atoms with E-state index in [1.54, 1.807) is 6.20 Å². The molecule has 0 aliphatic carbocycles. The molecule has 1 aromatic rings. The number of hydrogen-bond donors (Lipinski definition) is 1. The monoisotopic (exact) mass is 243 g/mol. The van der Waals surface area contributed by atoms with Gasteiger partial charge in [0.2, 0.25) is 0 Å². The Morgan fingerprint density at radius 2 is 2.19 bits per heavy atom. The van der Waals surface area contributed by atoms with E-state index in [9.17, 15) is 4.79 Å². The fraction of sp³-hybridized carbons (Fsp3) is 0.636. The summed E-state index contributed by atoms with van der Waals surface area (Å²) in [5.41, 5.74) is 0.414. The number of anilines is 1. The predicted octanol–water partition coefficient (Wildman–Crippen LogP) is 2.52. The van der Waals surface area contributed by atoms with Crippen LogP contribution in [0.1, 0.15) is 33.1 Å². The molecule has 0 saturated heterocycles. The molecule has 16 heavy (non-hydrogen) atoms. The summed E-state index contributed by atoms with van der Waals surface area (Å²) < 4.78 is 1.42. The SMILES string of the molecule is CCCCn1ncc(NCCC)c(Cl)c1=O. The summed E-state index contributed by atoms with van der Waals surface area (Å²) >= 11 is 5.98. The fourth-order valence-corrected chi connectivity index (χ4v) is 1.53. The quantitative estimate of drug-likeness (QED) is 0.835. The van der Waals surface area contributed by atoms with Crippen molar-refractivity contribution in [1.82, 2.24) is 9.78 Å². The van der Waals surface area contributed by atoms with Crippen molar-refractivity contribution in [2.45, 2.75) is 39.7 Å². The molecule has 0 bridgehead atoms.